The first-order chi connectivity index (χ1) is 7.84. The van der Waals surface area contributed by atoms with E-state index < -0.39 is 0 Å². The number of carbonyl (C=O) groups excluding carboxylic acids is 1. The first-order valence-electron chi connectivity index (χ1n) is 6.48. The van der Waals surface area contributed by atoms with Crippen LogP contribution in [0.5, 0.6) is 0 Å². The van der Waals surface area contributed by atoms with E-state index in [2.05, 4.69) is 22.8 Å². The first kappa shape index (κ1) is 11.6. The highest BCUT2D eigenvalue weighted by molar-refractivity contribution is 5.76. The Hall–Kier alpha value is -0.830. The highest BCUT2D eigenvalue weighted by atomic mass is 16.1. The molecule has 0 aromatic carbocycles. The SMILES string of the molecule is O=C(CC1C=CCC1)NCCC1CCNC1. The van der Waals surface area contributed by atoms with Crippen molar-refractivity contribution in [3.8, 4) is 0 Å². The maximum Gasteiger partial charge on any atom is 0.220 e. The summed E-state index contributed by atoms with van der Waals surface area (Å²) in [6, 6.07) is 0. The summed E-state index contributed by atoms with van der Waals surface area (Å²) in [5.41, 5.74) is 0. The maximum absolute atomic E-state index is 11.6. The Morgan fingerprint density at radius 2 is 2.38 bits per heavy atom. The second-order valence-electron chi connectivity index (χ2n) is 4.97. The molecular weight excluding hydrogens is 200 g/mol. The van der Waals surface area contributed by atoms with Gasteiger partial charge in [-0.25, -0.2) is 0 Å². The van der Waals surface area contributed by atoms with E-state index in [9.17, 15) is 4.79 Å². The zero-order valence-corrected chi connectivity index (χ0v) is 9.87. The van der Waals surface area contributed by atoms with Gasteiger partial charge in [0, 0.05) is 13.0 Å². The Balaban J connectivity index is 1.54. The number of nitrogens with one attached hydrogen (secondary N) is 2. The van der Waals surface area contributed by atoms with Gasteiger partial charge in [-0.15, -0.1) is 0 Å². The molecule has 2 aliphatic rings. The molecule has 0 saturated carbocycles. The van der Waals surface area contributed by atoms with E-state index in [0.717, 1.165) is 44.8 Å². The second-order valence-corrected chi connectivity index (χ2v) is 4.97. The fourth-order valence-corrected chi connectivity index (χ4v) is 2.55. The number of amides is 1. The summed E-state index contributed by atoms with van der Waals surface area (Å²) < 4.78 is 0. The lowest BCUT2D eigenvalue weighted by molar-refractivity contribution is -0.121. The van der Waals surface area contributed by atoms with Gasteiger partial charge in [0.25, 0.3) is 0 Å². The third-order valence-corrected chi connectivity index (χ3v) is 3.60. The van der Waals surface area contributed by atoms with Crippen LogP contribution in [0.15, 0.2) is 12.2 Å². The van der Waals surface area contributed by atoms with Crippen LogP contribution < -0.4 is 10.6 Å². The minimum atomic E-state index is 0.225. The summed E-state index contributed by atoms with van der Waals surface area (Å²) in [6.07, 6.45) is 9.73. The van der Waals surface area contributed by atoms with Crippen molar-refractivity contribution >= 4 is 5.91 Å². The molecule has 1 fully saturated rings. The molecule has 1 saturated heterocycles. The molecule has 0 aromatic rings. The third-order valence-electron chi connectivity index (χ3n) is 3.60. The predicted octanol–water partition coefficient (Wildman–Crippen LogP) is 1.46. The van der Waals surface area contributed by atoms with Crippen molar-refractivity contribution in [3.05, 3.63) is 12.2 Å². The summed E-state index contributed by atoms with van der Waals surface area (Å²) in [5, 5.41) is 6.38. The summed E-state index contributed by atoms with van der Waals surface area (Å²) in [6.45, 7) is 3.12. The van der Waals surface area contributed by atoms with Crippen molar-refractivity contribution in [2.75, 3.05) is 19.6 Å². The highest BCUT2D eigenvalue weighted by Gasteiger charge is 2.16. The Kier molecular flexibility index (Phi) is 4.40. The van der Waals surface area contributed by atoms with Crippen LogP contribution in [-0.4, -0.2) is 25.5 Å². The highest BCUT2D eigenvalue weighted by Crippen LogP contribution is 2.20. The van der Waals surface area contributed by atoms with Crippen LogP contribution in [0.25, 0.3) is 0 Å². The zero-order chi connectivity index (χ0) is 11.2. The third kappa shape index (κ3) is 3.63. The molecule has 3 nitrogen and oxygen atoms in total. The molecule has 0 spiro atoms. The molecule has 0 bridgehead atoms. The number of hydrogen-bond acceptors (Lipinski definition) is 2. The van der Waals surface area contributed by atoms with Crippen molar-refractivity contribution in [1.82, 2.24) is 10.6 Å². The van der Waals surface area contributed by atoms with Crippen molar-refractivity contribution in [3.63, 3.8) is 0 Å². The summed E-state index contributed by atoms with van der Waals surface area (Å²) in [7, 11) is 0. The molecule has 3 heteroatoms. The van der Waals surface area contributed by atoms with Crippen LogP contribution >= 0.6 is 0 Å². The molecule has 0 aromatic heterocycles. The largest absolute Gasteiger partial charge is 0.356 e. The van der Waals surface area contributed by atoms with E-state index >= 15 is 0 Å². The van der Waals surface area contributed by atoms with Gasteiger partial charge < -0.3 is 10.6 Å². The number of allylic oxidation sites excluding steroid dienone is 2. The molecular formula is C13H22N2O. The van der Waals surface area contributed by atoms with Gasteiger partial charge in [-0.2, -0.15) is 0 Å². The quantitative estimate of drug-likeness (QED) is 0.691. The van der Waals surface area contributed by atoms with Gasteiger partial charge in [0.15, 0.2) is 0 Å². The van der Waals surface area contributed by atoms with Crippen molar-refractivity contribution in [1.29, 1.82) is 0 Å². The van der Waals surface area contributed by atoms with Gasteiger partial charge in [-0.05, 0) is 50.6 Å². The van der Waals surface area contributed by atoms with Gasteiger partial charge in [-0.3, -0.25) is 4.79 Å². The van der Waals surface area contributed by atoms with Crippen LogP contribution in [0, 0.1) is 11.8 Å². The zero-order valence-electron chi connectivity index (χ0n) is 9.87. The summed E-state index contributed by atoms with van der Waals surface area (Å²) in [5.74, 6) is 1.49. The van der Waals surface area contributed by atoms with Gasteiger partial charge in [0.2, 0.25) is 5.91 Å². The Bertz CT molecular complexity index is 257. The number of carbonyl (C=O) groups is 1. The fraction of sp³-hybridized carbons (Fsp3) is 0.769. The molecule has 16 heavy (non-hydrogen) atoms. The summed E-state index contributed by atoms with van der Waals surface area (Å²) >= 11 is 0. The van der Waals surface area contributed by atoms with Crippen molar-refractivity contribution < 1.29 is 4.79 Å². The minimum absolute atomic E-state index is 0.225. The van der Waals surface area contributed by atoms with Crippen LogP contribution in [0.1, 0.15) is 32.1 Å². The Labute approximate surface area is 97.7 Å². The van der Waals surface area contributed by atoms with Gasteiger partial charge >= 0.3 is 0 Å². The van der Waals surface area contributed by atoms with Gasteiger partial charge in [0.05, 0.1) is 0 Å². The van der Waals surface area contributed by atoms with Gasteiger partial charge in [-0.1, -0.05) is 12.2 Å². The predicted molar refractivity (Wildman–Crippen MR) is 65.1 cm³/mol. The molecule has 1 heterocycles. The molecule has 1 aliphatic heterocycles. The Morgan fingerprint density at radius 3 is 3.06 bits per heavy atom. The average molecular weight is 222 g/mol. The number of hydrogen-bond donors (Lipinski definition) is 2. The standard InChI is InChI=1S/C13H22N2O/c16-13(9-11-3-1-2-4-11)15-8-6-12-5-7-14-10-12/h1,3,11-12,14H,2,4-10H2,(H,15,16). The van der Waals surface area contributed by atoms with E-state index in [1.165, 1.54) is 6.42 Å². The van der Waals surface area contributed by atoms with Crippen LogP contribution in [0.4, 0.5) is 0 Å². The topological polar surface area (TPSA) is 41.1 Å². The van der Waals surface area contributed by atoms with Crippen molar-refractivity contribution in [2.24, 2.45) is 11.8 Å². The average Bonchev–Trinajstić information content (AvgIpc) is 2.90. The lowest BCUT2D eigenvalue weighted by atomic mass is 10.0. The molecule has 2 rings (SSSR count). The molecule has 1 amide bonds. The van der Waals surface area contributed by atoms with E-state index in [1.54, 1.807) is 0 Å². The van der Waals surface area contributed by atoms with E-state index in [0.29, 0.717) is 12.3 Å². The van der Waals surface area contributed by atoms with E-state index in [4.69, 9.17) is 0 Å². The van der Waals surface area contributed by atoms with Crippen molar-refractivity contribution in [2.45, 2.75) is 32.1 Å². The lowest BCUT2D eigenvalue weighted by Gasteiger charge is -2.11. The monoisotopic (exact) mass is 222 g/mol. The van der Waals surface area contributed by atoms with Crippen LogP contribution in [-0.2, 0) is 4.79 Å². The normalized spacial score (nSPS) is 28.5. The molecule has 2 unspecified atom stereocenters. The summed E-state index contributed by atoms with van der Waals surface area (Å²) in [4.78, 5) is 11.6. The Morgan fingerprint density at radius 1 is 1.44 bits per heavy atom. The molecule has 2 atom stereocenters. The fourth-order valence-electron chi connectivity index (χ4n) is 2.55. The van der Waals surface area contributed by atoms with Gasteiger partial charge in [0.1, 0.15) is 0 Å². The smallest absolute Gasteiger partial charge is 0.220 e. The molecule has 0 radical (unpaired) electrons. The van der Waals surface area contributed by atoms with Crippen LogP contribution in [0.3, 0.4) is 0 Å². The van der Waals surface area contributed by atoms with E-state index in [-0.39, 0.29) is 5.91 Å². The van der Waals surface area contributed by atoms with Crippen LogP contribution in [0.2, 0.25) is 0 Å². The molecule has 90 valence electrons. The maximum atomic E-state index is 11.6. The molecule has 1 aliphatic carbocycles. The number of rotatable bonds is 5. The van der Waals surface area contributed by atoms with E-state index in [1.807, 2.05) is 0 Å². The molecule has 2 N–H and O–H groups in total. The minimum Gasteiger partial charge on any atom is -0.356 e. The second kappa shape index (κ2) is 6.04. The first-order valence-corrected chi connectivity index (χ1v) is 6.48. The lowest BCUT2D eigenvalue weighted by Crippen LogP contribution is -2.27.